The van der Waals surface area contributed by atoms with Crippen LogP contribution in [0.5, 0.6) is 0 Å². The van der Waals surface area contributed by atoms with Gasteiger partial charge in [-0.1, -0.05) is 29.8 Å². The molecule has 0 saturated heterocycles. The largest absolute Gasteiger partial charge is 0.456 e. The number of anilines is 2. The van der Waals surface area contributed by atoms with E-state index in [1.165, 1.54) is 0 Å². The predicted octanol–water partition coefficient (Wildman–Crippen LogP) is 1.37. The van der Waals surface area contributed by atoms with E-state index >= 15 is 0 Å². The smallest absolute Gasteiger partial charge is 0.337 e. The summed E-state index contributed by atoms with van der Waals surface area (Å²) in [5.41, 5.74) is 7.08. The number of carbonyl (C=O) groups excluding carboxylic acids is 1. The topological polar surface area (TPSA) is 110 Å². The first-order valence-corrected chi connectivity index (χ1v) is 7.25. The van der Waals surface area contributed by atoms with Crippen molar-refractivity contribution in [2.24, 2.45) is 0 Å². The van der Waals surface area contributed by atoms with Crippen LogP contribution >= 0.6 is 11.6 Å². The first kappa shape index (κ1) is 13.8. The molecular formula is C15H11ClN4O3. The standard InChI is InChI=1S/C15H11ClN4O3/c16-7-4-2-1-3-6(7)9-10-8(5-23-14(10)22)18-12-11(9)13(21)20-15(17)19-12/h1-4,9H,5H2,(H4,17,18,19,20,21). The highest BCUT2D eigenvalue weighted by Crippen LogP contribution is 2.43. The lowest BCUT2D eigenvalue weighted by Crippen LogP contribution is -2.29. The Morgan fingerprint density at radius 1 is 1.30 bits per heavy atom. The summed E-state index contributed by atoms with van der Waals surface area (Å²) in [6.07, 6.45) is 0. The summed E-state index contributed by atoms with van der Waals surface area (Å²) in [7, 11) is 0. The minimum Gasteiger partial charge on any atom is -0.456 e. The average molecular weight is 331 g/mol. The molecule has 0 bridgehead atoms. The van der Waals surface area contributed by atoms with Gasteiger partial charge in [0.15, 0.2) is 0 Å². The molecule has 1 atom stereocenters. The van der Waals surface area contributed by atoms with E-state index in [4.69, 9.17) is 22.1 Å². The quantitative estimate of drug-likeness (QED) is 0.681. The van der Waals surface area contributed by atoms with Gasteiger partial charge >= 0.3 is 5.97 Å². The maximum Gasteiger partial charge on any atom is 0.337 e. The van der Waals surface area contributed by atoms with Crippen LogP contribution in [0, 0.1) is 0 Å². The van der Waals surface area contributed by atoms with E-state index < -0.39 is 17.4 Å². The molecule has 4 N–H and O–H groups in total. The van der Waals surface area contributed by atoms with Crippen LogP contribution in [0.25, 0.3) is 0 Å². The van der Waals surface area contributed by atoms with Crippen molar-refractivity contribution in [1.29, 1.82) is 0 Å². The summed E-state index contributed by atoms with van der Waals surface area (Å²) in [6.45, 7) is 0.100. The van der Waals surface area contributed by atoms with Gasteiger partial charge in [-0.15, -0.1) is 0 Å². The summed E-state index contributed by atoms with van der Waals surface area (Å²) in [6, 6.07) is 7.05. The van der Waals surface area contributed by atoms with Crippen molar-refractivity contribution in [1.82, 2.24) is 9.97 Å². The number of nitrogen functional groups attached to an aromatic ring is 1. The number of nitrogens with one attached hydrogen (secondary N) is 2. The molecule has 7 nitrogen and oxygen atoms in total. The molecule has 0 radical (unpaired) electrons. The van der Waals surface area contributed by atoms with E-state index in [-0.39, 0.29) is 12.6 Å². The summed E-state index contributed by atoms with van der Waals surface area (Å²) in [5.74, 6) is -0.817. The number of benzene rings is 1. The predicted molar refractivity (Wildman–Crippen MR) is 84.2 cm³/mol. The molecule has 3 heterocycles. The van der Waals surface area contributed by atoms with Gasteiger partial charge in [-0.3, -0.25) is 9.78 Å². The SMILES string of the molecule is Nc1nc2c(c(=O)[nH]1)C(c1ccccc1Cl)C1=C(COC1=O)N2. The number of nitrogens with zero attached hydrogens (tertiary/aromatic N) is 1. The van der Waals surface area contributed by atoms with Crippen LogP contribution < -0.4 is 16.6 Å². The van der Waals surface area contributed by atoms with Crippen LogP contribution in [0.2, 0.25) is 5.02 Å². The molecule has 1 aromatic carbocycles. The fraction of sp³-hybridized carbons (Fsp3) is 0.133. The van der Waals surface area contributed by atoms with E-state index in [2.05, 4.69) is 15.3 Å². The lowest BCUT2D eigenvalue weighted by Gasteiger charge is -2.26. The van der Waals surface area contributed by atoms with Crippen LogP contribution in [0.3, 0.4) is 0 Å². The number of hydrogen-bond acceptors (Lipinski definition) is 6. The number of esters is 1. The van der Waals surface area contributed by atoms with Crippen LogP contribution in [-0.2, 0) is 9.53 Å². The summed E-state index contributed by atoms with van der Waals surface area (Å²) in [4.78, 5) is 31.2. The van der Waals surface area contributed by atoms with Crippen LogP contribution in [-0.4, -0.2) is 22.5 Å². The zero-order chi connectivity index (χ0) is 16.1. The van der Waals surface area contributed by atoms with Gasteiger partial charge in [0.25, 0.3) is 5.56 Å². The number of aromatic amines is 1. The molecule has 0 aliphatic carbocycles. The highest BCUT2D eigenvalue weighted by atomic mass is 35.5. The number of H-pyrrole nitrogens is 1. The Morgan fingerprint density at radius 2 is 2.09 bits per heavy atom. The summed E-state index contributed by atoms with van der Waals surface area (Å²) < 4.78 is 5.10. The second-order valence-corrected chi connectivity index (χ2v) is 5.67. The van der Waals surface area contributed by atoms with E-state index in [0.29, 0.717) is 33.2 Å². The monoisotopic (exact) mass is 330 g/mol. The van der Waals surface area contributed by atoms with Gasteiger partial charge in [0.05, 0.1) is 22.8 Å². The normalized spacial score (nSPS) is 19.0. The highest BCUT2D eigenvalue weighted by Gasteiger charge is 2.41. The Bertz CT molecular complexity index is 935. The van der Waals surface area contributed by atoms with Gasteiger partial charge in [-0.05, 0) is 11.6 Å². The summed E-state index contributed by atoms with van der Waals surface area (Å²) in [5, 5.41) is 3.42. The molecule has 8 heteroatoms. The molecule has 2 aliphatic rings. The number of nitrogens with two attached hydrogens (primary N) is 1. The molecular weight excluding hydrogens is 320 g/mol. The first-order valence-electron chi connectivity index (χ1n) is 6.87. The number of fused-ring (bicyclic) bond motifs is 1. The highest BCUT2D eigenvalue weighted by molar-refractivity contribution is 6.31. The molecule has 23 heavy (non-hydrogen) atoms. The summed E-state index contributed by atoms with van der Waals surface area (Å²) >= 11 is 6.29. The molecule has 2 aliphatic heterocycles. The van der Waals surface area contributed by atoms with Crippen molar-refractivity contribution in [2.45, 2.75) is 5.92 Å². The third kappa shape index (κ3) is 2.01. The van der Waals surface area contributed by atoms with Crippen molar-refractivity contribution in [3.63, 3.8) is 0 Å². The molecule has 0 amide bonds. The zero-order valence-electron chi connectivity index (χ0n) is 11.7. The van der Waals surface area contributed by atoms with Gasteiger partial charge < -0.3 is 15.8 Å². The number of cyclic esters (lactones) is 1. The Balaban J connectivity index is 2.04. The van der Waals surface area contributed by atoms with Crippen molar-refractivity contribution < 1.29 is 9.53 Å². The number of aromatic nitrogens is 2. The van der Waals surface area contributed by atoms with Gasteiger partial charge in [0.1, 0.15) is 12.4 Å². The van der Waals surface area contributed by atoms with Gasteiger partial charge in [-0.2, -0.15) is 4.98 Å². The maximum atomic E-state index is 12.4. The molecule has 116 valence electrons. The van der Waals surface area contributed by atoms with Gasteiger partial charge in [0.2, 0.25) is 5.95 Å². The van der Waals surface area contributed by atoms with Gasteiger partial charge in [-0.25, -0.2) is 4.79 Å². The van der Waals surface area contributed by atoms with Crippen molar-refractivity contribution >= 4 is 29.3 Å². The van der Waals surface area contributed by atoms with Crippen molar-refractivity contribution in [3.05, 3.63) is 62.0 Å². The molecule has 0 saturated carbocycles. The Labute approximate surface area is 135 Å². The molecule has 4 rings (SSSR count). The number of hydrogen-bond donors (Lipinski definition) is 3. The Morgan fingerprint density at radius 3 is 2.87 bits per heavy atom. The zero-order valence-corrected chi connectivity index (χ0v) is 12.5. The maximum absolute atomic E-state index is 12.4. The fourth-order valence-corrected chi connectivity index (χ4v) is 3.23. The third-order valence-corrected chi connectivity index (χ3v) is 4.27. The van der Waals surface area contributed by atoms with E-state index in [1.807, 2.05) is 0 Å². The molecule has 0 fully saturated rings. The fourth-order valence-electron chi connectivity index (χ4n) is 2.98. The second-order valence-electron chi connectivity index (χ2n) is 5.26. The van der Waals surface area contributed by atoms with Gasteiger partial charge in [0, 0.05) is 5.02 Å². The molecule has 1 unspecified atom stereocenters. The Hall–Kier alpha value is -2.80. The lowest BCUT2D eigenvalue weighted by atomic mass is 9.83. The molecule has 1 aromatic heterocycles. The first-order chi connectivity index (χ1) is 11.1. The average Bonchev–Trinajstić information content (AvgIpc) is 2.87. The number of rotatable bonds is 1. The van der Waals surface area contributed by atoms with Crippen LogP contribution in [0.1, 0.15) is 17.0 Å². The van der Waals surface area contributed by atoms with E-state index in [1.54, 1.807) is 24.3 Å². The number of ether oxygens (including phenoxy) is 1. The molecule has 0 spiro atoms. The van der Waals surface area contributed by atoms with Crippen LogP contribution in [0.15, 0.2) is 40.3 Å². The van der Waals surface area contributed by atoms with E-state index in [9.17, 15) is 9.59 Å². The molecule has 2 aromatic rings. The second kappa shape index (κ2) is 4.85. The minimum absolute atomic E-state index is 0.00606. The third-order valence-electron chi connectivity index (χ3n) is 3.93. The van der Waals surface area contributed by atoms with Crippen molar-refractivity contribution in [2.75, 3.05) is 17.7 Å². The lowest BCUT2D eigenvalue weighted by molar-refractivity contribution is -0.136. The minimum atomic E-state index is -0.651. The van der Waals surface area contributed by atoms with Crippen LogP contribution in [0.4, 0.5) is 11.8 Å². The Kier molecular flexibility index (Phi) is 2.92. The number of halogens is 1. The van der Waals surface area contributed by atoms with E-state index in [0.717, 1.165) is 0 Å². The van der Waals surface area contributed by atoms with Crippen molar-refractivity contribution in [3.8, 4) is 0 Å². The number of carbonyl (C=O) groups is 1.